The van der Waals surface area contributed by atoms with E-state index in [0.29, 0.717) is 24.9 Å². The molecule has 0 radical (unpaired) electrons. The lowest BCUT2D eigenvalue weighted by Crippen LogP contribution is -2.49. The topological polar surface area (TPSA) is 107 Å². The van der Waals surface area contributed by atoms with E-state index < -0.39 is 41.1 Å². The van der Waals surface area contributed by atoms with Gasteiger partial charge in [0.2, 0.25) is 5.91 Å². The molecule has 1 aliphatic heterocycles. The molecule has 7 nitrogen and oxygen atoms in total. The third-order valence-corrected chi connectivity index (χ3v) is 9.00. The molecular weight excluding hydrogens is 540 g/mol. The molecule has 2 unspecified atom stereocenters. The first-order chi connectivity index (χ1) is 19.0. The van der Waals surface area contributed by atoms with Crippen LogP contribution in [0.1, 0.15) is 62.1 Å². The summed E-state index contributed by atoms with van der Waals surface area (Å²) >= 11 is 6.57. The van der Waals surface area contributed by atoms with Crippen LogP contribution >= 0.6 is 11.6 Å². The molecule has 0 spiro atoms. The van der Waals surface area contributed by atoms with Gasteiger partial charge in [0.15, 0.2) is 11.8 Å². The number of pyridine rings is 1. The number of nitrogens with one attached hydrogen (secondary N) is 1. The summed E-state index contributed by atoms with van der Waals surface area (Å²) in [7, 11) is 1.35. The second kappa shape index (κ2) is 10.9. The first-order valence-corrected chi connectivity index (χ1v) is 13.8. The number of fused-ring (bicyclic) bond motifs is 1. The number of nitrogens with two attached hydrogens (primary N) is 1. The van der Waals surface area contributed by atoms with E-state index >= 15 is 8.78 Å². The Morgan fingerprint density at radius 3 is 2.73 bits per heavy atom. The summed E-state index contributed by atoms with van der Waals surface area (Å²) in [4.78, 5) is 16.7. The SMILES string of the molecule is COC1C=CC(C(N)=O)=C(c2c(Cl)c(F)cc3c2[C@H](C)[C@@](CNC2CCC(C)(O)CC2)(c2cccnc2)O3)C1F. The predicted molar refractivity (Wildman–Crippen MR) is 148 cm³/mol. The van der Waals surface area contributed by atoms with Crippen LogP contribution in [0.5, 0.6) is 5.75 Å². The van der Waals surface area contributed by atoms with Crippen molar-refractivity contribution in [3.8, 4) is 5.75 Å². The number of aromatic nitrogens is 1. The lowest BCUT2D eigenvalue weighted by atomic mass is 9.76. The minimum atomic E-state index is -1.82. The number of nitrogens with zero attached hydrogens (tertiary/aromatic N) is 1. The van der Waals surface area contributed by atoms with Crippen LogP contribution in [-0.4, -0.2) is 53.6 Å². The molecule has 2 heterocycles. The molecular formula is C30H34ClF2N3O4. The average Bonchev–Trinajstić information content (AvgIpc) is 3.21. The number of methoxy groups -OCH3 is 1. The lowest BCUT2D eigenvalue weighted by molar-refractivity contribution is -0.114. The molecule has 4 N–H and O–H groups in total. The Morgan fingerprint density at radius 1 is 1.38 bits per heavy atom. The van der Waals surface area contributed by atoms with E-state index in [2.05, 4.69) is 10.3 Å². The fourth-order valence-electron chi connectivity index (χ4n) is 6.24. The standard InChI is InChI=1S/C30H34ClF2N3O4/c1-16-23-22(13-20(32)26(31)25(23)24-19(28(34)37)6-7-21(39-3)27(24)33)40-30(16,17-5-4-12-35-14-17)15-36-18-8-10-29(2,38)11-9-18/h4-7,12-14,16,18,21,27,36,38H,8-11,15H2,1-3H3,(H2,34,37)/t16-,18?,21?,27?,29?,30-/m0/s1. The molecule has 1 fully saturated rings. The largest absolute Gasteiger partial charge is 0.480 e. The smallest absolute Gasteiger partial charge is 0.249 e. The highest BCUT2D eigenvalue weighted by Crippen LogP contribution is 2.55. The summed E-state index contributed by atoms with van der Waals surface area (Å²) in [5, 5.41) is 13.7. The van der Waals surface area contributed by atoms with Gasteiger partial charge in [0, 0.05) is 71.9 Å². The Kier molecular flexibility index (Phi) is 7.78. The van der Waals surface area contributed by atoms with Gasteiger partial charge in [-0.15, -0.1) is 0 Å². The van der Waals surface area contributed by atoms with E-state index in [1.807, 2.05) is 19.9 Å². The Bertz CT molecular complexity index is 1360. The van der Waals surface area contributed by atoms with Crippen LogP contribution in [0.3, 0.4) is 0 Å². The van der Waals surface area contributed by atoms with Crippen LogP contribution in [-0.2, 0) is 15.1 Å². The molecule has 0 saturated heterocycles. The van der Waals surface area contributed by atoms with Crippen molar-refractivity contribution in [1.82, 2.24) is 10.3 Å². The molecule has 1 aromatic heterocycles. The van der Waals surface area contributed by atoms with Crippen molar-refractivity contribution in [3.05, 3.63) is 75.8 Å². The van der Waals surface area contributed by atoms with Gasteiger partial charge in [-0.05, 0) is 38.7 Å². The van der Waals surface area contributed by atoms with Crippen LogP contribution in [0.2, 0.25) is 5.02 Å². The first-order valence-electron chi connectivity index (χ1n) is 13.5. The summed E-state index contributed by atoms with van der Waals surface area (Å²) in [6.45, 7) is 4.09. The van der Waals surface area contributed by atoms with Crippen LogP contribution in [0.15, 0.2) is 48.3 Å². The molecule has 1 aromatic carbocycles. The maximum atomic E-state index is 16.0. The van der Waals surface area contributed by atoms with Crippen molar-refractivity contribution in [2.24, 2.45) is 5.73 Å². The second-order valence-electron chi connectivity index (χ2n) is 11.2. The van der Waals surface area contributed by atoms with Crippen molar-refractivity contribution < 1.29 is 28.2 Å². The van der Waals surface area contributed by atoms with E-state index in [0.717, 1.165) is 18.4 Å². The van der Waals surface area contributed by atoms with E-state index in [4.69, 9.17) is 26.8 Å². The molecule has 40 heavy (non-hydrogen) atoms. The number of amides is 1. The third kappa shape index (κ3) is 4.93. The van der Waals surface area contributed by atoms with Gasteiger partial charge >= 0.3 is 0 Å². The van der Waals surface area contributed by atoms with Crippen molar-refractivity contribution in [1.29, 1.82) is 0 Å². The molecule has 1 saturated carbocycles. The number of aliphatic hydroxyl groups is 1. The van der Waals surface area contributed by atoms with Gasteiger partial charge in [0.25, 0.3) is 0 Å². The lowest BCUT2D eigenvalue weighted by Gasteiger charge is -2.38. The normalized spacial score (nSPS) is 31.7. The number of rotatable bonds is 7. The van der Waals surface area contributed by atoms with Crippen molar-refractivity contribution in [3.63, 3.8) is 0 Å². The van der Waals surface area contributed by atoms with Gasteiger partial charge in [0.05, 0.1) is 10.6 Å². The number of hydrogen-bond donors (Lipinski definition) is 3. The van der Waals surface area contributed by atoms with Crippen LogP contribution < -0.4 is 15.8 Å². The minimum absolute atomic E-state index is 0.0522. The molecule has 3 aliphatic rings. The van der Waals surface area contributed by atoms with E-state index in [1.54, 1.807) is 18.5 Å². The zero-order valence-corrected chi connectivity index (χ0v) is 23.5. The summed E-state index contributed by atoms with van der Waals surface area (Å²) in [6, 6.07) is 5.02. The van der Waals surface area contributed by atoms with Crippen molar-refractivity contribution in [2.75, 3.05) is 13.7 Å². The predicted octanol–water partition coefficient (Wildman–Crippen LogP) is 4.71. The van der Waals surface area contributed by atoms with Crippen molar-refractivity contribution >= 4 is 23.1 Å². The maximum absolute atomic E-state index is 16.0. The number of hydrogen-bond acceptors (Lipinski definition) is 6. The zero-order valence-electron chi connectivity index (χ0n) is 22.7. The van der Waals surface area contributed by atoms with Gasteiger partial charge < -0.3 is 25.6 Å². The molecule has 1 amide bonds. The van der Waals surface area contributed by atoms with E-state index in [1.165, 1.54) is 25.3 Å². The minimum Gasteiger partial charge on any atom is -0.480 e. The van der Waals surface area contributed by atoms with Gasteiger partial charge in [-0.1, -0.05) is 36.7 Å². The number of halogens is 3. The molecule has 0 bridgehead atoms. The number of carbonyl (C=O) groups is 1. The van der Waals surface area contributed by atoms with Crippen molar-refractivity contribution in [2.45, 2.75) is 75.0 Å². The Balaban J connectivity index is 1.63. The number of ether oxygens (including phenoxy) is 2. The number of primary amides is 1. The first kappa shape index (κ1) is 28.7. The molecule has 5 rings (SSSR count). The summed E-state index contributed by atoms with van der Waals surface area (Å²) < 4.78 is 43.3. The Labute approximate surface area is 237 Å². The quantitative estimate of drug-likeness (QED) is 0.443. The Morgan fingerprint density at radius 2 is 2.10 bits per heavy atom. The fraction of sp³-hybridized carbons (Fsp3) is 0.467. The summed E-state index contributed by atoms with van der Waals surface area (Å²) in [5.74, 6) is -1.94. The summed E-state index contributed by atoms with van der Waals surface area (Å²) in [5.41, 5.74) is 4.97. The van der Waals surface area contributed by atoms with Crippen LogP contribution in [0.4, 0.5) is 8.78 Å². The monoisotopic (exact) mass is 573 g/mol. The maximum Gasteiger partial charge on any atom is 0.249 e. The second-order valence-corrected chi connectivity index (χ2v) is 11.6. The number of alkyl halides is 1. The van der Waals surface area contributed by atoms with E-state index in [-0.39, 0.29) is 33.5 Å². The van der Waals surface area contributed by atoms with Crippen LogP contribution in [0, 0.1) is 5.82 Å². The zero-order chi connectivity index (χ0) is 28.8. The highest BCUT2D eigenvalue weighted by molar-refractivity contribution is 6.33. The highest BCUT2D eigenvalue weighted by Gasteiger charge is 2.51. The van der Waals surface area contributed by atoms with Gasteiger partial charge in [-0.25, -0.2) is 8.78 Å². The highest BCUT2D eigenvalue weighted by atomic mass is 35.5. The number of carbonyl (C=O) groups excluding carboxylic acids is 1. The van der Waals surface area contributed by atoms with Crippen LogP contribution in [0.25, 0.3) is 5.57 Å². The molecule has 2 aliphatic carbocycles. The van der Waals surface area contributed by atoms with Gasteiger partial charge in [-0.2, -0.15) is 0 Å². The molecule has 4 atom stereocenters. The molecule has 10 heteroatoms. The van der Waals surface area contributed by atoms with E-state index in [9.17, 15) is 9.90 Å². The van der Waals surface area contributed by atoms with Gasteiger partial charge in [-0.3, -0.25) is 9.78 Å². The third-order valence-electron chi connectivity index (χ3n) is 8.63. The fourth-order valence-corrected chi connectivity index (χ4v) is 6.50. The average molecular weight is 574 g/mol. The Hall–Kier alpha value is -2.85. The summed E-state index contributed by atoms with van der Waals surface area (Å²) in [6.07, 6.45) is 6.22. The molecule has 2 aromatic rings. The molecule has 214 valence electrons. The number of benzene rings is 1. The van der Waals surface area contributed by atoms with Gasteiger partial charge in [0.1, 0.15) is 17.7 Å².